The van der Waals surface area contributed by atoms with Gasteiger partial charge in [-0.25, -0.2) is 0 Å². The predicted octanol–water partition coefficient (Wildman–Crippen LogP) is -3.25. The molecule has 1 fully saturated rings. The van der Waals surface area contributed by atoms with E-state index in [2.05, 4.69) is 0 Å². The zero-order chi connectivity index (χ0) is 9.30. The Morgan fingerprint density at radius 1 is 1.17 bits per heavy atom. The van der Waals surface area contributed by atoms with Crippen molar-refractivity contribution in [3.05, 3.63) is 0 Å². The monoisotopic (exact) mass is 179 g/mol. The van der Waals surface area contributed by atoms with Gasteiger partial charge in [0.15, 0.2) is 6.29 Å². The smallest absolute Gasteiger partial charge is 0.173 e. The zero-order valence-corrected chi connectivity index (χ0v) is 6.37. The summed E-state index contributed by atoms with van der Waals surface area (Å²) in [7, 11) is 0. The molecule has 12 heavy (non-hydrogen) atoms. The molecule has 5 atom stereocenters. The summed E-state index contributed by atoms with van der Waals surface area (Å²) in [5.74, 6) is 0. The first-order valence-electron chi connectivity index (χ1n) is 3.64. The van der Waals surface area contributed by atoms with Crippen molar-refractivity contribution in [1.82, 2.24) is 0 Å². The van der Waals surface area contributed by atoms with E-state index in [1.807, 2.05) is 0 Å². The molecule has 0 aromatic carbocycles. The maximum atomic E-state index is 9.20. The van der Waals surface area contributed by atoms with E-state index >= 15 is 0 Å². The number of hydrogen-bond donors (Lipinski definition) is 5. The lowest BCUT2D eigenvalue weighted by Gasteiger charge is -2.38. The minimum atomic E-state index is -1.35. The first-order chi connectivity index (χ1) is 5.57. The molecule has 6 N–H and O–H groups in total. The average molecular weight is 179 g/mol. The highest BCUT2D eigenvalue weighted by atomic mass is 16.6. The Labute approximate surface area is 69.2 Å². The van der Waals surface area contributed by atoms with Gasteiger partial charge >= 0.3 is 0 Å². The SMILES string of the molecule is N[C@@H]1C(O)OC(CO)C(O)C1O. The molecule has 6 nitrogen and oxygen atoms in total. The van der Waals surface area contributed by atoms with Crippen molar-refractivity contribution < 1.29 is 25.2 Å². The van der Waals surface area contributed by atoms with E-state index in [-0.39, 0.29) is 0 Å². The van der Waals surface area contributed by atoms with Crippen LogP contribution in [0.2, 0.25) is 0 Å². The topological polar surface area (TPSA) is 116 Å². The molecule has 1 heterocycles. The lowest BCUT2D eigenvalue weighted by Crippen LogP contribution is -2.61. The van der Waals surface area contributed by atoms with Crippen LogP contribution in [-0.4, -0.2) is 57.7 Å². The maximum absolute atomic E-state index is 9.20. The second-order valence-corrected chi connectivity index (χ2v) is 2.81. The van der Waals surface area contributed by atoms with Crippen LogP contribution in [0.5, 0.6) is 0 Å². The van der Waals surface area contributed by atoms with Gasteiger partial charge in [-0.1, -0.05) is 0 Å². The summed E-state index contributed by atoms with van der Waals surface area (Å²) in [5.41, 5.74) is 5.26. The van der Waals surface area contributed by atoms with E-state index in [0.717, 1.165) is 0 Å². The third-order valence-electron chi connectivity index (χ3n) is 1.95. The highest BCUT2D eigenvalue weighted by Gasteiger charge is 2.41. The Morgan fingerprint density at radius 2 is 1.75 bits per heavy atom. The number of rotatable bonds is 1. The predicted molar refractivity (Wildman–Crippen MR) is 38.0 cm³/mol. The van der Waals surface area contributed by atoms with E-state index in [1.165, 1.54) is 0 Å². The molecule has 1 aliphatic rings. The summed E-state index contributed by atoms with van der Waals surface area (Å²) in [6.45, 7) is -0.470. The molecular formula is C6H13NO5. The molecule has 0 saturated carbocycles. The van der Waals surface area contributed by atoms with E-state index in [4.69, 9.17) is 20.7 Å². The molecule has 0 spiro atoms. The van der Waals surface area contributed by atoms with Gasteiger partial charge in [-0.15, -0.1) is 0 Å². The van der Waals surface area contributed by atoms with Crippen molar-refractivity contribution in [2.24, 2.45) is 5.73 Å². The van der Waals surface area contributed by atoms with Gasteiger partial charge in [0.05, 0.1) is 12.6 Å². The Bertz CT molecular complexity index is 150. The molecular weight excluding hydrogens is 166 g/mol. The first kappa shape index (κ1) is 9.85. The van der Waals surface area contributed by atoms with Crippen molar-refractivity contribution in [2.75, 3.05) is 6.61 Å². The van der Waals surface area contributed by atoms with Crippen LogP contribution in [0.3, 0.4) is 0 Å². The Morgan fingerprint density at radius 3 is 2.25 bits per heavy atom. The second kappa shape index (κ2) is 3.65. The lowest BCUT2D eigenvalue weighted by molar-refractivity contribution is -0.248. The van der Waals surface area contributed by atoms with Gasteiger partial charge in [-0.2, -0.15) is 0 Å². The lowest BCUT2D eigenvalue weighted by atomic mass is 9.98. The highest BCUT2D eigenvalue weighted by Crippen LogP contribution is 2.17. The van der Waals surface area contributed by atoms with Crippen molar-refractivity contribution in [3.8, 4) is 0 Å². The molecule has 0 amide bonds. The molecule has 0 aromatic heterocycles. The fraction of sp³-hybridized carbons (Fsp3) is 1.00. The summed E-state index contributed by atoms with van der Waals surface area (Å²) in [6, 6.07) is -1.04. The fourth-order valence-corrected chi connectivity index (χ4v) is 1.12. The number of hydrogen-bond acceptors (Lipinski definition) is 6. The van der Waals surface area contributed by atoms with Crippen LogP contribution < -0.4 is 5.73 Å². The van der Waals surface area contributed by atoms with E-state index in [1.54, 1.807) is 0 Å². The summed E-state index contributed by atoms with van der Waals surface area (Å²) in [5, 5.41) is 36.1. The zero-order valence-electron chi connectivity index (χ0n) is 6.37. The normalized spacial score (nSPS) is 49.2. The molecule has 0 aromatic rings. The molecule has 1 rings (SSSR count). The first-order valence-corrected chi connectivity index (χ1v) is 3.64. The van der Waals surface area contributed by atoms with Crippen molar-refractivity contribution in [3.63, 3.8) is 0 Å². The summed E-state index contributed by atoms with van der Waals surface area (Å²) in [4.78, 5) is 0. The van der Waals surface area contributed by atoms with Gasteiger partial charge < -0.3 is 30.9 Å². The molecule has 0 bridgehead atoms. The third kappa shape index (κ3) is 1.58. The summed E-state index contributed by atoms with van der Waals surface area (Å²) in [6.07, 6.45) is -4.85. The standard InChI is InChI=1S/C6H13NO5/c7-3-5(10)4(9)2(1-8)12-6(3)11/h2-6,8-11H,1,7H2/t2?,3-,4?,5?,6?/m0/s1. The molecule has 0 aliphatic carbocycles. The average Bonchev–Trinajstić information content (AvgIpc) is 2.08. The Balaban J connectivity index is 2.63. The quantitative estimate of drug-likeness (QED) is 0.288. The van der Waals surface area contributed by atoms with E-state index in [9.17, 15) is 10.2 Å². The van der Waals surface area contributed by atoms with Crippen molar-refractivity contribution in [1.29, 1.82) is 0 Å². The van der Waals surface area contributed by atoms with Gasteiger partial charge in [0.2, 0.25) is 0 Å². The third-order valence-corrected chi connectivity index (χ3v) is 1.95. The number of ether oxygens (including phenoxy) is 1. The molecule has 0 radical (unpaired) electrons. The van der Waals surface area contributed by atoms with Crippen LogP contribution in [0.4, 0.5) is 0 Å². The minimum Gasteiger partial charge on any atom is -0.394 e. The molecule has 72 valence electrons. The summed E-state index contributed by atoms with van der Waals surface area (Å²) >= 11 is 0. The van der Waals surface area contributed by atoms with Crippen LogP contribution in [0.1, 0.15) is 0 Å². The number of aliphatic hydroxyl groups excluding tert-OH is 4. The molecule has 1 saturated heterocycles. The Kier molecular flexibility index (Phi) is 2.99. The van der Waals surface area contributed by atoms with Crippen molar-refractivity contribution >= 4 is 0 Å². The summed E-state index contributed by atoms with van der Waals surface area (Å²) < 4.78 is 4.70. The minimum absolute atomic E-state index is 0.470. The molecule has 1 aliphatic heterocycles. The Hall–Kier alpha value is -0.240. The van der Waals surface area contributed by atoms with Crippen molar-refractivity contribution in [2.45, 2.75) is 30.6 Å². The van der Waals surface area contributed by atoms with Crippen LogP contribution in [0.15, 0.2) is 0 Å². The second-order valence-electron chi connectivity index (χ2n) is 2.81. The fourth-order valence-electron chi connectivity index (χ4n) is 1.12. The van der Waals surface area contributed by atoms with Gasteiger partial charge in [0.1, 0.15) is 18.3 Å². The van der Waals surface area contributed by atoms with E-state index < -0.39 is 37.3 Å². The number of nitrogens with two attached hydrogens (primary N) is 1. The van der Waals surface area contributed by atoms with Crippen LogP contribution >= 0.6 is 0 Å². The van der Waals surface area contributed by atoms with Crippen LogP contribution in [-0.2, 0) is 4.74 Å². The number of aliphatic hydroxyl groups is 4. The molecule has 6 heteroatoms. The van der Waals surface area contributed by atoms with Crippen LogP contribution in [0.25, 0.3) is 0 Å². The van der Waals surface area contributed by atoms with Crippen LogP contribution in [0, 0.1) is 0 Å². The van der Waals surface area contributed by atoms with Gasteiger partial charge in [-0.3, -0.25) is 0 Å². The maximum Gasteiger partial charge on any atom is 0.173 e. The van der Waals surface area contributed by atoms with E-state index in [0.29, 0.717) is 0 Å². The largest absolute Gasteiger partial charge is 0.394 e. The van der Waals surface area contributed by atoms with Gasteiger partial charge in [-0.05, 0) is 0 Å². The van der Waals surface area contributed by atoms with Gasteiger partial charge in [0.25, 0.3) is 0 Å². The molecule has 4 unspecified atom stereocenters. The highest BCUT2D eigenvalue weighted by molar-refractivity contribution is 4.90. The van der Waals surface area contributed by atoms with Gasteiger partial charge in [0, 0.05) is 0 Å².